The topological polar surface area (TPSA) is 84.4 Å². The van der Waals surface area contributed by atoms with Crippen molar-refractivity contribution in [3.05, 3.63) is 42.5 Å². The molecule has 9 heteroatoms. The second-order valence-electron chi connectivity index (χ2n) is 7.51. The number of benzene rings is 1. The summed E-state index contributed by atoms with van der Waals surface area (Å²) >= 11 is 0. The Morgan fingerprint density at radius 1 is 1.00 bits per heavy atom. The Balaban J connectivity index is 0.000000354. The second-order valence-corrected chi connectivity index (χ2v) is 7.51. The highest BCUT2D eigenvalue weighted by atomic mass is 19.1. The third-order valence-electron chi connectivity index (χ3n) is 5.35. The van der Waals surface area contributed by atoms with Crippen LogP contribution in [-0.2, 0) is 9.47 Å². The summed E-state index contributed by atoms with van der Waals surface area (Å²) in [5, 5.41) is 6.20. The molecule has 0 unspecified atom stereocenters. The number of morpholine rings is 1. The van der Waals surface area contributed by atoms with Crippen molar-refractivity contribution in [2.45, 2.75) is 6.42 Å². The van der Waals surface area contributed by atoms with Gasteiger partial charge in [0.1, 0.15) is 11.3 Å². The predicted octanol–water partition coefficient (Wildman–Crippen LogP) is 2.71. The van der Waals surface area contributed by atoms with Crippen LogP contribution in [0.5, 0.6) is 0 Å². The molecular weight excluding hydrogens is 411 g/mol. The van der Waals surface area contributed by atoms with Gasteiger partial charge in [-0.2, -0.15) is 0 Å². The van der Waals surface area contributed by atoms with Crippen molar-refractivity contribution in [2.24, 2.45) is 0 Å². The zero-order chi connectivity index (χ0) is 22.2. The first-order valence-corrected chi connectivity index (χ1v) is 11.0. The van der Waals surface area contributed by atoms with Gasteiger partial charge in [-0.3, -0.25) is 4.98 Å². The lowest BCUT2D eigenvalue weighted by Gasteiger charge is -2.22. The van der Waals surface area contributed by atoms with Gasteiger partial charge in [0.25, 0.3) is 0 Å². The highest BCUT2D eigenvalue weighted by Crippen LogP contribution is 2.29. The van der Waals surface area contributed by atoms with Crippen molar-refractivity contribution in [1.82, 2.24) is 20.3 Å². The molecule has 1 aromatic carbocycles. The van der Waals surface area contributed by atoms with Crippen LogP contribution in [0.2, 0.25) is 0 Å². The summed E-state index contributed by atoms with van der Waals surface area (Å²) in [5.74, 6) is 0.371. The molecular formula is C23H29FN6O2. The average molecular weight is 441 g/mol. The first-order valence-electron chi connectivity index (χ1n) is 11.0. The van der Waals surface area contributed by atoms with Crippen LogP contribution >= 0.6 is 0 Å². The van der Waals surface area contributed by atoms with E-state index < -0.39 is 0 Å². The SMILES string of the molecule is C1COCCN1.CNc1nc(-c2ccc(N3CCCOCC3)c(F)c2)cc2nccnc12. The molecule has 8 nitrogen and oxygen atoms in total. The lowest BCUT2D eigenvalue weighted by molar-refractivity contribution is 0.109. The quantitative estimate of drug-likeness (QED) is 0.643. The van der Waals surface area contributed by atoms with E-state index >= 15 is 0 Å². The van der Waals surface area contributed by atoms with Gasteiger partial charge in [-0.15, -0.1) is 0 Å². The van der Waals surface area contributed by atoms with Gasteiger partial charge in [0, 0.05) is 57.8 Å². The zero-order valence-corrected chi connectivity index (χ0v) is 18.3. The number of ether oxygens (including phenoxy) is 2. The Labute approximate surface area is 187 Å². The van der Waals surface area contributed by atoms with Gasteiger partial charge >= 0.3 is 0 Å². The van der Waals surface area contributed by atoms with Crippen LogP contribution in [0.1, 0.15) is 6.42 Å². The Morgan fingerprint density at radius 2 is 1.81 bits per heavy atom. The number of hydrogen-bond donors (Lipinski definition) is 2. The van der Waals surface area contributed by atoms with Gasteiger partial charge in [0.05, 0.1) is 36.7 Å². The zero-order valence-electron chi connectivity index (χ0n) is 18.3. The maximum absolute atomic E-state index is 14.8. The maximum atomic E-state index is 14.8. The van der Waals surface area contributed by atoms with E-state index in [2.05, 4.69) is 25.6 Å². The summed E-state index contributed by atoms with van der Waals surface area (Å²) in [5.41, 5.74) is 3.39. The number of aromatic nitrogens is 3. The highest BCUT2D eigenvalue weighted by Gasteiger charge is 2.16. The molecule has 0 saturated carbocycles. The Hall–Kier alpha value is -2.88. The van der Waals surface area contributed by atoms with Crippen molar-refractivity contribution < 1.29 is 13.9 Å². The molecule has 32 heavy (non-hydrogen) atoms. The van der Waals surface area contributed by atoms with Crippen molar-refractivity contribution in [1.29, 1.82) is 0 Å². The van der Waals surface area contributed by atoms with E-state index in [-0.39, 0.29) is 5.82 Å². The van der Waals surface area contributed by atoms with Crippen LogP contribution < -0.4 is 15.5 Å². The number of nitrogens with zero attached hydrogens (tertiary/aromatic N) is 4. The predicted molar refractivity (Wildman–Crippen MR) is 124 cm³/mol. The number of pyridine rings is 1. The molecule has 2 aliphatic rings. The molecule has 2 fully saturated rings. The third kappa shape index (κ3) is 5.48. The summed E-state index contributed by atoms with van der Waals surface area (Å²) in [4.78, 5) is 15.3. The van der Waals surface area contributed by atoms with E-state index in [0.717, 1.165) is 51.4 Å². The van der Waals surface area contributed by atoms with Crippen molar-refractivity contribution in [3.8, 4) is 11.3 Å². The molecule has 0 spiro atoms. The van der Waals surface area contributed by atoms with Crippen LogP contribution in [0.3, 0.4) is 0 Å². The molecule has 2 N–H and O–H groups in total. The van der Waals surface area contributed by atoms with Crippen molar-refractivity contribution >= 4 is 22.5 Å². The molecule has 3 aromatic rings. The second kappa shape index (κ2) is 11.1. The summed E-state index contributed by atoms with van der Waals surface area (Å²) in [6.07, 6.45) is 4.16. The summed E-state index contributed by atoms with van der Waals surface area (Å²) in [6.45, 7) is 6.68. The molecule has 2 aliphatic heterocycles. The van der Waals surface area contributed by atoms with Crippen LogP contribution in [0, 0.1) is 5.82 Å². The average Bonchev–Trinajstić information content (AvgIpc) is 3.14. The van der Waals surface area contributed by atoms with Crippen molar-refractivity contribution in [3.63, 3.8) is 0 Å². The fourth-order valence-electron chi connectivity index (χ4n) is 3.72. The normalized spacial score (nSPS) is 16.8. The Kier molecular flexibility index (Phi) is 7.76. The molecule has 0 amide bonds. The fraction of sp³-hybridized carbons (Fsp3) is 0.435. The van der Waals surface area contributed by atoms with Gasteiger partial charge in [-0.05, 0) is 24.6 Å². The summed E-state index contributed by atoms with van der Waals surface area (Å²) < 4.78 is 25.3. The van der Waals surface area contributed by atoms with Gasteiger partial charge in [-0.1, -0.05) is 6.07 Å². The summed E-state index contributed by atoms with van der Waals surface area (Å²) in [6, 6.07) is 7.08. The van der Waals surface area contributed by atoms with E-state index in [1.54, 1.807) is 19.4 Å². The number of nitrogens with one attached hydrogen (secondary N) is 2. The van der Waals surface area contributed by atoms with E-state index in [1.165, 1.54) is 6.07 Å². The van der Waals surface area contributed by atoms with Crippen LogP contribution in [0.25, 0.3) is 22.3 Å². The molecule has 2 aromatic heterocycles. The monoisotopic (exact) mass is 440 g/mol. The smallest absolute Gasteiger partial charge is 0.154 e. The maximum Gasteiger partial charge on any atom is 0.154 e. The van der Waals surface area contributed by atoms with E-state index in [4.69, 9.17) is 9.47 Å². The molecule has 0 bridgehead atoms. The minimum Gasteiger partial charge on any atom is -0.380 e. The fourth-order valence-corrected chi connectivity index (χ4v) is 3.72. The largest absolute Gasteiger partial charge is 0.380 e. The van der Waals surface area contributed by atoms with Gasteiger partial charge < -0.3 is 25.0 Å². The van der Waals surface area contributed by atoms with E-state index in [0.29, 0.717) is 41.4 Å². The molecule has 2 saturated heterocycles. The lowest BCUT2D eigenvalue weighted by Crippen LogP contribution is -2.30. The summed E-state index contributed by atoms with van der Waals surface area (Å²) in [7, 11) is 1.78. The van der Waals surface area contributed by atoms with E-state index in [9.17, 15) is 4.39 Å². The molecule has 0 aliphatic carbocycles. The number of hydrogen-bond acceptors (Lipinski definition) is 8. The number of fused-ring (bicyclic) bond motifs is 1. The molecule has 170 valence electrons. The molecule has 4 heterocycles. The first kappa shape index (κ1) is 22.3. The molecule has 5 rings (SSSR count). The first-order chi connectivity index (χ1) is 15.8. The molecule has 0 atom stereocenters. The Bertz CT molecular complexity index is 1010. The molecule has 0 radical (unpaired) electrons. The van der Waals surface area contributed by atoms with E-state index in [1.807, 2.05) is 23.1 Å². The van der Waals surface area contributed by atoms with Crippen molar-refractivity contribution in [2.75, 3.05) is 69.9 Å². The highest BCUT2D eigenvalue weighted by molar-refractivity contribution is 5.88. The Morgan fingerprint density at radius 3 is 2.53 bits per heavy atom. The lowest BCUT2D eigenvalue weighted by atomic mass is 10.1. The van der Waals surface area contributed by atoms with Crippen LogP contribution in [0.15, 0.2) is 36.7 Å². The number of rotatable bonds is 3. The van der Waals surface area contributed by atoms with Gasteiger partial charge in [0.2, 0.25) is 0 Å². The number of anilines is 2. The minimum atomic E-state index is -0.253. The van der Waals surface area contributed by atoms with Gasteiger partial charge in [0.15, 0.2) is 5.82 Å². The van der Waals surface area contributed by atoms with Crippen LogP contribution in [0.4, 0.5) is 15.9 Å². The van der Waals surface area contributed by atoms with Crippen LogP contribution in [-0.4, -0.2) is 74.6 Å². The minimum absolute atomic E-state index is 0.253. The number of halogens is 1. The van der Waals surface area contributed by atoms with Gasteiger partial charge in [-0.25, -0.2) is 14.4 Å². The third-order valence-corrected chi connectivity index (χ3v) is 5.35. The standard InChI is InChI=1S/C19H20FN5O.C4H9NO/c1-21-19-18-16(22-5-6-23-18)12-15(24-19)13-3-4-17(14(20)11-13)25-7-2-9-26-10-8-25;1-3-6-4-2-5-1/h3-6,11-12H,2,7-10H2,1H3,(H,21,24);5H,1-4H2.